The summed E-state index contributed by atoms with van der Waals surface area (Å²) in [5.74, 6) is 0.00470. The molecule has 3 rings (SSSR count). The smallest absolute Gasteiger partial charge is 0.195 e. The van der Waals surface area contributed by atoms with Gasteiger partial charge in [0.25, 0.3) is 0 Å². The molecule has 0 aliphatic heterocycles. The molecule has 0 fully saturated rings. The summed E-state index contributed by atoms with van der Waals surface area (Å²) in [5, 5.41) is 1.57. The lowest BCUT2D eigenvalue weighted by atomic mass is 10.0. The van der Waals surface area contributed by atoms with Crippen LogP contribution in [-0.4, -0.2) is 17.5 Å². The molecule has 2 aromatic carbocycles. The van der Waals surface area contributed by atoms with Gasteiger partial charge >= 0.3 is 0 Å². The number of rotatable bonds is 5. The van der Waals surface area contributed by atoms with E-state index in [-0.39, 0.29) is 12.0 Å². The highest BCUT2D eigenvalue weighted by molar-refractivity contribution is 6.30. The predicted octanol–water partition coefficient (Wildman–Crippen LogP) is 5.39. The standard InChI is InChI=1S/C20H20ClNO2/c1-4-18(24-3)22-13(2)19(16-7-5-6-8-17(16)22)20(23)14-9-11-15(21)12-10-14/h5-12,18H,4H2,1-3H3. The fraction of sp³-hybridized carbons (Fsp3) is 0.250. The molecule has 3 aromatic rings. The summed E-state index contributed by atoms with van der Waals surface area (Å²) in [6.07, 6.45) is 0.728. The van der Waals surface area contributed by atoms with Crippen molar-refractivity contribution in [1.82, 2.24) is 4.57 Å². The van der Waals surface area contributed by atoms with E-state index in [4.69, 9.17) is 16.3 Å². The number of ether oxygens (including phenoxy) is 1. The van der Waals surface area contributed by atoms with E-state index >= 15 is 0 Å². The minimum Gasteiger partial charge on any atom is -0.361 e. The fourth-order valence-corrected chi connectivity index (χ4v) is 3.38. The third kappa shape index (κ3) is 2.74. The third-order valence-corrected chi connectivity index (χ3v) is 4.65. The zero-order valence-corrected chi connectivity index (χ0v) is 14.8. The minimum atomic E-state index is -0.0957. The number of halogens is 1. The summed E-state index contributed by atoms with van der Waals surface area (Å²) in [6.45, 7) is 4.05. The summed E-state index contributed by atoms with van der Waals surface area (Å²) in [6, 6.07) is 15.0. The maximum Gasteiger partial charge on any atom is 0.195 e. The van der Waals surface area contributed by atoms with Crippen LogP contribution in [0.4, 0.5) is 0 Å². The zero-order valence-electron chi connectivity index (χ0n) is 14.0. The van der Waals surface area contributed by atoms with Gasteiger partial charge in [-0.3, -0.25) is 4.79 Å². The first-order valence-corrected chi connectivity index (χ1v) is 8.38. The molecule has 0 saturated heterocycles. The number of hydrogen-bond donors (Lipinski definition) is 0. The second-order valence-electron chi connectivity index (χ2n) is 5.78. The van der Waals surface area contributed by atoms with Crippen LogP contribution < -0.4 is 0 Å². The summed E-state index contributed by atoms with van der Waals surface area (Å²) in [5.41, 5.74) is 3.30. The monoisotopic (exact) mass is 341 g/mol. The van der Waals surface area contributed by atoms with Gasteiger partial charge < -0.3 is 9.30 Å². The summed E-state index contributed by atoms with van der Waals surface area (Å²) in [4.78, 5) is 13.1. The number of aromatic nitrogens is 1. The number of fused-ring (bicyclic) bond motifs is 1. The van der Waals surface area contributed by atoms with Crippen molar-refractivity contribution in [1.29, 1.82) is 0 Å². The van der Waals surface area contributed by atoms with Gasteiger partial charge in [0, 0.05) is 28.8 Å². The Morgan fingerprint density at radius 1 is 1.17 bits per heavy atom. The van der Waals surface area contributed by atoms with Crippen molar-refractivity contribution in [3.63, 3.8) is 0 Å². The van der Waals surface area contributed by atoms with E-state index < -0.39 is 0 Å². The lowest BCUT2D eigenvalue weighted by Crippen LogP contribution is -2.12. The van der Waals surface area contributed by atoms with Crippen LogP contribution in [0.1, 0.15) is 41.2 Å². The molecule has 0 aliphatic carbocycles. The van der Waals surface area contributed by atoms with E-state index in [1.807, 2.05) is 31.2 Å². The Hall–Kier alpha value is -2.10. The molecule has 1 heterocycles. The average molecular weight is 342 g/mol. The number of benzene rings is 2. The van der Waals surface area contributed by atoms with Crippen LogP contribution in [0.5, 0.6) is 0 Å². The number of carbonyl (C=O) groups is 1. The number of para-hydroxylation sites is 1. The van der Waals surface area contributed by atoms with E-state index in [1.54, 1.807) is 31.4 Å². The molecular weight excluding hydrogens is 322 g/mol. The first-order chi connectivity index (χ1) is 11.6. The van der Waals surface area contributed by atoms with Gasteiger partial charge in [-0.25, -0.2) is 0 Å². The van der Waals surface area contributed by atoms with Gasteiger partial charge in [-0.2, -0.15) is 0 Å². The average Bonchev–Trinajstić information content (AvgIpc) is 2.89. The number of ketones is 1. The van der Waals surface area contributed by atoms with Crippen LogP contribution in [0.25, 0.3) is 10.9 Å². The molecule has 0 spiro atoms. The molecule has 0 saturated carbocycles. The van der Waals surface area contributed by atoms with Crippen molar-refractivity contribution in [2.45, 2.75) is 26.5 Å². The van der Waals surface area contributed by atoms with Gasteiger partial charge in [-0.15, -0.1) is 0 Å². The van der Waals surface area contributed by atoms with E-state index in [1.165, 1.54) is 0 Å². The summed E-state index contributed by atoms with van der Waals surface area (Å²) < 4.78 is 7.73. The van der Waals surface area contributed by atoms with E-state index in [0.717, 1.165) is 28.6 Å². The second kappa shape index (κ2) is 6.80. The Bertz CT molecular complexity index is 877. The Balaban J connectivity index is 2.23. The Morgan fingerprint density at radius 3 is 2.46 bits per heavy atom. The molecule has 1 atom stereocenters. The highest BCUT2D eigenvalue weighted by atomic mass is 35.5. The molecule has 3 nitrogen and oxygen atoms in total. The normalized spacial score (nSPS) is 12.5. The molecule has 124 valence electrons. The SMILES string of the molecule is CCC(OC)n1c(C)c(C(=O)c2ccc(Cl)cc2)c2ccccc21. The molecular formula is C20H20ClNO2. The fourth-order valence-electron chi connectivity index (χ4n) is 3.25. The minimum absolute atomic E-state index is 0.00470. The molecule has 0 radical (unpaired) electrons. The Labute approximate surface area is 146 Å². The van der Waals surface area contributed by atoms with Crippen LogP contribution in [-0.2, 0) is 4.74 Å². The Morgan fingerprint density at radius 2 is 1.83 bits per heavy atom. The molecule has 4 heteroatoms. The van der Waals surface area contributed by atoms with Gasteiger partial charge in [0.15, 0.2) is 5.78 Å². The lowest BCUT2D eigenvalue weighted by molar-refractivity contribution is 0.0432. The molecule has 0 bridgehead atoms. The van der Waals surface area contributed by atoms with Gasteiger partial charge in [-0.05, 0) is 43.7 Å². The number of carbonyl (C=O) groups excluding carboxylic acids is 1. The number of hydrogen-bond acceptors (Lipinski definition) is 2. The molecule has 0 amide bonds. The third-order valence-electron chi connectivity index (χ3n) is 4.40. The van der Waals surface area contributed by atoms with Crippen LogP contribution in [0.2, 0.25) is 5.02 Å². The van der Waals surface area contributed by atoms with Crippen molar-refractivity contribution in [3.05, 3.63) is 70.4 Å². The van der Waals surface area contributed by atoms with Crippen molar-refractivity contribution < 1.29 is 9.53 Å². The highest BCUT2D eigenvalue weighted by Gasteiger charge is 2.23. The maximum atomic E-state index is 13.1. The number of methoxy groups -OCH3 is 1. The quantitative estimate of drug-likeness (QED) is 0.583. The first kappa shape index (κ1) is 16.7. The molecule has 1 aromatic heterocycles. The topological polar surface area (TPSA) is 31.2 Å². The second-order valence-corrected chi connectivity index (χ2v) is 6.22. The highest BCUT2D eigenvalue weighted by Crippen LogP contribution is 2.32. The number of nitrogens with zero attached hydrogens (tertiary/aromatic N) is 1. The van der Waals surface area contributed by atoms with E-state index in [2.05, 4.69) is 11.5 Å². The van der Waals surface area contributed by atoms with Crippen LogP contribution in [0, 0.1) is 6.92 Å². The predicted molar refractivity (Wildman–Crippen MR) is 97.9 cm³/mol. The molecule has 1 unspecified atom stereocenters. The first-order valence-electron chi connectivity index (χ1n) is 8.01. The van der Waals surface area contributed by atoms with Gasteiger partial charge in [0.2, 0.25) is 0 Å². The largest absolute Gasteiger partial charge is 0.361 e. The van der Waals surface area contributed by atoms with Gasteiger partial charge in [-0.1, -0.05) is 36.7 Å². The molecule has 0 N–H and O–H groups in total. The maximum absolute atomic E-state index is 13.1. The van der Waals surface area contributed by atoms with Gasteiger partial charge in [0.1, 0.15) is 6.23 Å². The lowest BCUT2D eigenvalue weighted by Gasteiger charge is -2.19. The van der Waals surface area contributed by atoms with Gasteiger partial charge in [0.05, 0.1) is 11.1 Å². The van der Waals surface area contributed by atoms with E-state index in [9.17, 15) is 4.79 Å². The molecule has 24 heavy (non-hydrogen) atoms. The van der Waals surface area contributed by atoms with Crippen molar-refractivity contribution >= 4 is 28.3 Å². The van der Waals surface area contributed by atoms with Crippen molar-refractivity contribution in [2.24, 2.45) is 0 Å². The summed E-state index contributed by atoms with van der Waals surface area (Å²) >= 11 is 5.94. The van der Waals surface area contributed by atoms with Crippen LogP contribution in [0.3, 0.4) is 0 Å². The summed E-state index contributed by atoms with van der Waals surface area (Å²) in [7, 11) is 1.70. The van der Waals surface area contributed by atoms with Crippen molar-refractivity contribution in [2.75, 3.05) is 7.11 Å². The van der Waals surface area contributed by atoms with Crippen LogP contribution in [0.15, 0.2) is 48.5 Å². The zero-order chi connectivity index (χ0) is 17.3. The van der Waals surface area contributed by atoms with Crippen LogP contribution >= 0.6 is 11.6 Å². The Kier molecular flexibility index (Phi) is 4.74. The molecule has 0 aliphatic rings. The van der Waals surface area contributed by atoms with Crippen molar-refractivity contribution in [3.8, 4) is 0 Å². The van der Waals surface area contributed by atoms with E-state index in [0.29, 0.717) is 10.6 Å².